The molecule has 1 N–H and O–H groups in total. The van der Waals surface area contributed by atoms with Crippen molar-refractivity contribution in [1.29, 1.82) is 0 Å². The number of hydrogen-bond acceptors (Lipinski definition) is 3. The van der Waals surface area contributed by atoms with Crippen LogP contribution in [0.5, 0.6) is 0 Å². The fraction of sp³-hybridized carbons (Fsp3) is 0.588. The van der Waals surface area contributed by atoms with Gasteiger partial charge in [-0.15, -0.1) is 0 Å². The third kappa shape index (κ3) is 4.29. The number of nitrogens with one attached hydrogen (secondary N) is 1. The third-order valence-corrected chi connectivity index (χ3v) is 6.32. The van der Waals surface area contributed by atoms with E-state index in [9.17, 15) is 13.2 Å². The van der Waals surface area contributed by atoms with Crippen LogP contribution in [0.3, 0.4) is 0 Å². The molecule has 0 aliphatic carbocycles. The van der Waals surface area contributed by atoms with Gasteiger partial charge in [-0.25, -0.2) is 8.42 Å². The van der Waals surface area contributed by atoms with Gasteiger partial charge in [0.05, 0.1) is 4.90 Å². The van der Waals surface area contributed by atoms with Crippen LogP contribution in [-0.2, 0) is 14.8 Å². The summed E-state index contributed by atoms with van der Waals surface area (Å²) in [7, 11) is -3.76. The molecule has 1 aromatic rings. The average molecular weight is 373 g/mol. The highest BCUT2D eigenvalue weighted by molar-refractivity contribution is 7.89. The van der Waals surface area contributed by atoms with Crippen LogP contribution in [0.4, 0.5) is 0 Å². The van der Waals surface area contributed by atoms with Gasteiger partial charge in [-0.05, 0) is 63.8 Å². The van der Waals surface area contributed by atoms with E-state index in [0.717, 1.165) is 19.3 Å². The maximum Gasteiger partial charge on any atom is 0.241 e. The molecule has 1 saturated heterocycles. The molecule has 134 valence electrons. The number of hydrogen-bond donors (Lipinski definition) is 1. The van der Waals surface area contributed by atoms with Gasteiger partial charge in [0.1, 0.15) is 6.04 Å². The Labute approximate surface area is 149 Å². The van der Waals surface area contributed by atoms with Crippen LogP contribution in [0.1, 0.15) is 46.5 Å². The molecule has 1 amide bonds. The minimum atomic E-state index is -3.76. The van der Waals surface area contributed by atoms with Crippen LogP contribution in [-0.4, -0.2) is 37.4 Å². The summed E-state index contributed by atoms with van der Waals surface area (Å²) in [5.74, 6) is -0.144. The van der Waals surface area contributed by atoms with E-state index in [4.69, 9.17) is 11.6 Å². The smallest absolute Gasteiger partial charge is 0.241 e. The van der Waals surface area contributed by atoms with Crippen LogP contribution in [0, 0.1) is 0 Å². The van der Waals surface area contributed by atoms with Crippen LogP contribution in [0.15, 0.2) is 29.2 Å². The van der Waals surface area contributed by atoms with E-state index in [0.29, 0.717) is 11.4 Å². The summed E-state index contributed by atoms with van der Waals surface area (Å²) in [5.41, 5.74) is 0. The topological polar surface area (TPSA) is 66.5 Å². The third-order valence-electron chi connectivity index (χ3n) is 4.58. The molecule has 1 aliphatic heterocycles. The quantitative estimate of drug-likeness (QED) is 0.863. The van der Waals surface area contributed by atoms with Crippen molar-refractivity contribution in [3.63, 3.8) is 0 Å². The Bertz CT molecular complexity index is 666. The number of piperidine rings is 1. The van der Waals surface area contributed by atoms with Crippen molar-refractivity contribution in [2.45, 2.75) is 69.5 Å². The molecule has 2 rings (SSSR count). The summed E-state index contributed by atoms with van der Waals surface area (Å²) in [5, 5.41) is 0.466. The summed E-state index contributed by atoms with van der Waals surface area (Å²) in [6.07, 6.45) is 3.41. The molecule has 0 aromatic heterocycles. The number of nitrogens with zero attached hydrogens (tertiary/aromatic N) is 1. The lowest BCUT2D eigenvalue weighted by Crippen LogP contribution is -2.55. The summed E-state index contributed by atoms with van der Waals surface area (Å²) < 4.78 is 27.6. The molecule has 7 heteroatoms. The normalized spacial score (nSPS) is 23.1. The van der Waals surface area contributed by atoms with E-state index in [1.54, 1.807) is 0 Å². The van der Waals surface area contributed by atoms with Crippen LogP contribution in [0.2, 0.25) is 5.02 Å². The fourth-order valence-electron chi connectivity index (χ4n) is 3.21. The van der Waals surface area contributed by atoms with Crippen molar-refractivity contribution >= 4 is 27.5 Å². The lowest BCUT2D eigenvalue weighted by atomic mass is 9.96. The van der Waals surface area contributed by atoms with Gasteiger partial charge in [-0.3, -0.25) is 4.79 Å². The Morgan fingerprint density at radius 1 is 1.25 bits per heavy atom. The number of sulfonamides is 1. The van der Waals surface area contributed by atoms with Gasteiger partial charge in [-0.2, -0.15) is 4.72 Å². The Hall–Kier alpha value is -1.11. The second kappa shape index (κ2) is 7.85. The number of carbonyl (C=O) groups excluding carboxylic acids is 1. The molecule has 0 spiro atoms. The molecule has 1 aromatic carbocycles. The molecule has 24 heavy (non-hydrogen) atoms. The Balaban J connectivity index is 2.18. The van der Waals surface area contributed by atoms with Gasteiger partial charge in [-0.1, -0.05) is 18.5 Å². The Morgan fingerprint density at radius 3 is 2.29 bits per heavy atom. The van der Waals surface area contributed by atoms with E-state index >= 15 is 0 Å². The average Bonchev–Trinajstić information content (AvgIpc) is 2.52. The predicted molar refractivity (Wildman–Crippen MR) is 95.5 cm³/mol. The van der Waals surface area contributed by atoms with Crippen molar-refractivity contribution in [2.24, 2.45) is 0 Å². The maximum atomic E-state index is 12.9. The van der Waals surface area contributed by atoms with Crippen LogP contribution in [0.25, 0.3) is 0 Å². The van der Waals surface area contributed by atoms with E-state index < -0.39 is 16.1 Å². The van der Waals surface area contributed by atoms with Gasteiger partial charge in [0.2, 0.25) is 15.9 Å². The van der Waals surface area contributed by atoms with Gasteiger partial charge in [0.25, 0.3) is 0 Å². The maximum absolute atomic E-state index is 12.9. The summed E-state index contributed by atoms with van der Waals surface area (Å²) in [6, 6.07) is 5.43. The van der Waals surface area contributed by atoms with Crippen molar-refractivity contribution < 1.29 is 13.2 Å². The minimum absolute atomic E-state index is 0.109. The molecule has 1 aliphatic rings. The van der Waals surface area contributed by atoms with Crippen LogP contribution < -0.4 is 4.72 Å². The molecule has 3 atom stereocenters. The van der Waals surface area contributed by atoms with Crippen LogP contribution >= 0.6 is 11.6 Å². The van der Waals surface area contributed by atoms with Crippen molar-refractivity contribution in [2.75, 3.05) is 0 Å². The fourth-order valence-corrected chi connectivity index (χ4v) is 4.61. The lowest BCUT2D eigenvalue weighted by Gasteiger charge is -2.40. The highest BCUT2D eigenvalue weighted by Crippen LogP contribution is 2.24. The first-order valence-corrected chi connectivity index (χ1v) is 10.2. The first-order valence-electron chi connectivity index (χ1n) is 8.36. The monoisotopic (exact) mass is 372 g/mol. The summed E-state index contributed by atoms with van der Waals surface area (Å²) in [6.45, 7) is 5.86. The largest absolute Gasteiger partial charge is 0.336 e. The second-order valence-electron chi connectivity index (χ2n) is 6.41. The molecule has 0 bridgehead atoms. The first kappa shape index (κ1) is 19.2. The Morgan fingerprint density at radius 2 is 1.79 bits per heavy atom. The molecular formula is C17H25ClN2O3S. The minimum Gasteiger partial charge on any atom is -0.336 e. The molecular weight excluding hydrogens is 348 g/mol. The van der Waals surface area contributed by atoms with E-state index in [-0.39, 0.29) is 22.9 Å². The van der Waals surface area contributed by atoms with E-state index in [1.165, 1.54) is 24.3 Å². The number of halogens is 1. The molecule has 3 unspecified atom stereocenters. The van der Waals surface area contributed by atoms with Crippen molar-refractivity contribution in [3.05, 3.63) is 29.3 Å². The van der Waals surface area contributed by atoms with Gasteiger partial charge < -0.3 is 4.90 Å². The zero-order valence-electron chi connectivity index (χ0n) is 14.3. The standard InChI is InChI=1S/C17H25ClN2O3S/c1-4-16(17(21)20-12(2)6-5-7-13(20)3)19-24(22,23)15-10-8-14(18)9-11-15/h8-13,16,19H,4-7H2,1-3H3. The number of likely N-dealkylation sites (tertiary alicyclic amines) is 1. The number of carbonyl (C=O) groups is 1. The molecule has 0 saturated carbocycles. The number of amides is 1. The van der Waals surface area contributed by atoms with Gasteiger partial charge in [0, 0.05) is 17.1 Å². The predicted octanol–water partition coefficient (Wildman–Crippen LogP) is 3.19. The summed E-state index contributed by atoms with van der Waals surface area (Å²) in [4.78, 5) is 14.8. The number of benzene rings is 1. The molecule has 5 nitrogen and oxygen atoms in total. The summed E-state index contributed by atoms with van der Waals surface area (Å²) >= 11 is 5.80. The second-order valence-corrected chi connectivity index (χ2v) is 8.56. The lowest BCUT2D eigenvalue weighted by molar-refractivity contribution is -0.139. The molecule has 1 fully saturated rings. The zero-order chi connectivity index (χ0) is 17.9. The van der Waals surface area contributed by atoms with Crippen molar-refractivity contribution in [3.8, 4) is 0 Å². The molecule has 0 radical (unpaired) electrons. The Kier molecular flexibility index (Phi) is 6.28. The van der Waals surface area contributed by atoms with E-state index in [1.807, 2.05) is 25.7 Å². The molecule has 1 heterocycles. The van der Waals surface area contributed by atoms with Crippen molar-refractivity contribution in [1.82, 2.24) is 9.62 Å². The van der Waals surface area contributed by atoms with Gasteiger partial charge in [0.15, 0.2) is 0 Å². The highest BCUT2D eigenvalue weighted by atomic mass is 35.5. The zero-order valence-corrected chi connectivity index (χ0v) is 15.9. The SMILES string of the molecule is CCC(NS(=O)(=O)c1ccc(Cl)cc1)C(=O)N1C(C)CCCC1C. The van der Waals surface area contributed by atoms with E-state index in [2.05, 4.69) is 4.72 Å². The van der Waals surface area contributed by atoms with Gasteiger partial charge >= 0.3 is 0 Å². The first-order chi connectivity index (χ1) is 11.3. The number of rotatable bonds is 5. The highest BCUT2D eigenvalue weighted by Gasteiger charge is 2.34.